The van der Waals surface area contributed by atoms with Crippen LogP contribution in [0.3, 0.4) is 0 Å². The second-order valence-corrected chi connectivity index (χ2v) is 8.12. The van der Waals surface area contributed by atoms with Crippen molar-refractivity contribution in [1.29, 1.82) is 0 Å². The number of carbonyl (C=O) groups is 1. The number of nitrogens with one attached hydrogen (secondary N) is 1. The molecule has 6 nitrogen and oxygen atoms in total. The lowest BCUT2D eigenvalue weighted by atomic mass is 9.75. The van der Waals surface area contributed by atoms with Crippen LogP contribution in [0.5, 0.6) is 0 Å². The van der Waals surface area contributed by atoms with E-state index in [0.717, 1.165) is 42.0 Å². The lowest BCUT2D eigenvalue weighted by Crippen LogP contribution is -2.62. The molecule has 136 valence electrons. The van der Waals surface area contributed by atoms with Gasteiger partial charge in [-0.1, -0.05) is 11.6 Å². The van der Waals surface area contributed by atoms with Gasteiger partial charge >= 0.3 is 6.03 Å². The summed E-state index contributed by atoms with van der Waals surface area (Å²) in [6.07, 6.45) is 10.4. The van der Waals surface area contributed by atoms with Crippen molar-refractivity contribution in [2.75, 3.05) is 5.32 Å². The maximum atomic E-state index is 12.7. The third-order valence-corrected chi connectivity index (χ3v) is 6.69. The zero-order chi connectivity index (χ0) is 17.7. The molecule has 0 radical (unpaired) electrons. The van der Waals surface area contributed by atoms with Crippen molar-refractivity contribution in [2.45, 2.75) is 62.6 Å². The third-order valence-electron chi connectivity index (χ3n) is 6.34. The Labute approximate surface area is 157 Å². The number of piperidine rings is 1. The number of benzene rings is 1. The zero-order valence-corrected chi connectivity index (χ0v) is 15.3. The number of nitrogens with zero attached hydrogens (tertiary/aromatic N) is 4. The van der Waals surface area contributed by atoms with E-state index < -0.39 is 0 Å². The molecule has 1 saturated carbocycles. The Hall–Kier alpha value is -2.08. The first kappa shape index (κ1) is 16.1. The van der Waals surface area contributed by atoms with Crippen LogP contribution in [0.15, 0.2) is 30.9 Å². The summed E-state index contributed by atoms with van der Waals surface area (Å²) in [6.45, 7) is 0. The maximum Gasteiger partial charge on any atom is 0.322 e. The van der Waals surface area contributed by atoms with E-state index in [1.807, 2.05) is 23.1 Å². The molecule has 3 fully saturated rings. The van der Waals surface area contributed by atoms with Gasteiger partial charge in [-0.3, -0.25) is 0 Å². The van der Waals surface area contributed by atoms with E-state index in [4.69, 9.17) is 11.6 Å². The van der Waals surface area contributed by atoms with Crippen LogP contribution in [0.1, 0.15) is 56.0 Å². The number of urea groups is 1. The molecule has 1 aliphatic carbocycles. The molecule has 1 N–H and O–H groups in total. The van der Waals surface area contributed by atoms with Crippen molar-refractivity contribution in [3.63, 3.8) is 0 Å². The van der Waals surface area contributed by atoms with Crippen LogP contribution >= 0.6 is 11.6 Å². The molecular formula is C19H22ClN5O. The molecule has 1 aromatic heterocycles. The minimum Gasteiger partial charge on any atom is -0.318 e. The third kappa shape index (κ3) is 2.58. The second-order valence-electron chi connectivity index (χ2n) is 7.71. The number of fused-ring (bicyclic) bond motifs is 2. The zero-order valence-electron chi connectivity index (χ0n) is 14.5. The molecule has 3 aliphatic rings. The Kier molecular flexibility index (Phi) is 3.89. The molecule has 7 heteroatoms. The Morgan fingerprint density at radius 2 is 1.88 bits per heavy atom. The van der Waals surface area contributed by atoms with Gasteiger partial charge in [-0.05, 0) is 62.3 Å². The van der Waals surface area contributed by atoms with Gasteiger partial charge in [0.15, 0.2) is 0 Å². The van der Waals surface area contributed by atoms with E-state index in [2.05, 4.69) is 20.1 Å². The highest BCUT2D eigenvalue weighted by Gasteiger charge is 2.44. The number of hydrogen-bond acceptors (Lipinski definition) is 3. The quantitative estimate of drug-likeness (QED) is 0.879. The van der Waals surface area contributed by atoms with Crippen molar-refractivity contribution >= 4 is 23.3 Å². The normalized spacial score (nSPS) is 29.7. The molecular weight excluding hydrogens is 350 g/mol. The van der Waals surface area contributed by atoms with Crippen molar-refractivity contribution < 1.29 is 4.79 Å². The van der Waals surface area contributed by atoms with Crippen molar-refractivity contribution in [2.24, 2.45) is 0 Å². The number of halogens is 1. The molecule has 4 unspecified atom stereocenters. The minimum absolute atomic E-state index is 0.0307. The van der Waals surface area contributed by atoms with Gasteiger partial charge in [0.2, 0.25) is 0 Å². The SMILES string of the molecule is O=C(Nc1ccc(Cl)c(C2CCC2n2cnnc2)c1)N1C2CCCC1C2. The van der Waals surface area contributed by atoms with Crippen LogP contribution in [0.4, 0.5) is 10.5 Å². The highest BCUT2D eigenvalue weighted by atomic mass is 35.5. The summed E-state index contributed by atoms with van der Waals surface area (Å²) in [5, 5.41) is 11.7. The smallest absolute Gasteiger partial charge is 0.318 e. The number of rotatable bonds is 3. The Balaban J connectivity index is 1.33. The van der Waals surface area contributed by atoms with E-state index in [1.54, 1.807) is 12.7 Å². The van der Waals surface area contributed by atoms with E-state index in [9.17, 15) is 4.79 Å². The molecule has 1 aromatic carbocycles. The molecule has 2 aromatic rings. The minimum atomic E-state index is 0.0307. The lowest BCUT2D eigenvalue weighted by molar-refractivity contribution is 0.0173. The Bertz CT molecular complexity index is 809. The molecule has 2 bridgehead atoms. The number of carbonyl (C=O) groups excluding carboxylic acids is 1. The molecule has 2 amide bonds. The van der Waals surface area contributed by atoms with Gasteiger partial charge in [0.1, 0.15) is 12.7 Å². The lowest BCUT2D eigenvalue weighted by Gasteiger charge is -2.52. The van der Waals surface area contributed by atoms with Gasteiger partial charge in [0.05, 0.1) is 0 Å². The van der Waals surface area contributed by atoms with Crippen LogP contribution < -0.4 is 5.32 Å². The van der Waals surface area contributed by atoms with Crippen molar-refractivity contribution in [3.05, 3.63) is 41.4 Å². The molecule has 2 aliphatic heterocycles. The second kappa shape index (κ2) is 6.27. The van der Waals surface area contributed by atoms with Gasteiger partial charge in [-0.15, -0.1) is 10.2 Å². The first-order chi connectivity index (χ1) is 12.7. The molecule has 3 heterocycles. The summed E-state index contributed by atoms with van der Waals surface area (Å²) in [4.78, 5) is 14.7. The summed E-state index contributed by atoms with van der Waals surface area (Å²) >= 11 is 6.48. The van der Waals surface area contributed by atoms with E-state index in [-0.39, 0.29) is 6.03 Å². The summed E-state index contributed by atoms with van der Waals surface area (Å²) in [6, 6.07) is 7.06. The van der Waals surface area contributed by atoms with E-state index >= 15 is 0 Å². The summed E-state index contributed by atoms with van der Waals surface area (Å²) in [5.41, 5.74) is 1.92. The van der Waals surface area contributed by atoms with Gasteiger partial charge in [0.25, 0.3) is 0 Å². The van der Waals surface area contributed by atoms with Crippen LogP contribution in [-0.4, -0.2) is 37.8 Å². The van der Waals surface area contributed by atoms with Crippen molar-refractivity contribution in [1.82, 2.24) is 19.7 Å². The van der Waals surface area contributed by atoms with Crippen LogP contribution in [-0.2, 0) is 0 Å². The fourth-order valence-corrected chi connectivity index (χ4v) is 5.07. The highest BCUT2D eigenvalue weighted by Crippen LogP contribution is 2.48. The molecule has 4 atom stereocenters. The fraction of sp³-hybridized carbons (Fsp3) is 0.526. The largest absolute Gasteiger partial charge is 0.322 e. The van der Waals surface area contributed by atoms with Gasteiger partial charge in [-0.2, -0.15) is 0 Å². The number of anilines is 1. The monoisotopic (exact) mass is 371 g/mol. The first-order valence-electron chi connectivity index (χ1n) is 9.43. The molecule has 0 spiro atoms. The van der Waals surface area contributed by atoms with Crippen LogP contribution in [0, 0.1) is 0 Å². The predicted octanol–water partition coefficient (Wildman–Crippen LogP) is 4.21. The van der Waals surface area contributed by atoms with Crippen molar-refractivity contribution in [3.8, 4) is 0 Å². The fourth-order valence-electron chi connectivity index (χ4n) is 4.81. The number of aromatic nitrogens is 3. The Morgan fingerprint density at radius 1 is 1.12 bits per heavy atom. The first-order valence-corrected chi connectivity index (χ1v) is 9.81. The average molecular weight is 372 g/mol. The number of amides is 2. The maximum absolute atomic E-state index is 12.7. The summed E-state index contributed by atoms with van der Waals surface area (Å²) in [5.74, 6) is 0.332. The molecule has 5 rings (SSSR count). The van der Waals surface area contributed by atoms with E-state index in [1.165, 1.54) is 12.8 Å². The van der Waals surface area contributed by atoms with Gasteiger partial charge < -0.3 is 14.8 Å². The van der Waals surface area contributed by atoms with Gasteiger partial charge in [-0.25, -0.2) is 4.79 Å². The Morgan fingerprint density at radius 3 is 2.54 bits per heavy atom. The number of hydrogen-bond donors (Lipinski definition) is 1. The highest BCUT2D eigenvalue weighted by molar-refractivity contribution is 6.31. The summed E-state index contributed by atoms with van der Waals surface area (Å²) < 4.78 is 2.05. The van der Waals surface area contributed by atoms with Crippen LogP contribution in [0.25, 0.3) is 0 Å². The summed E-state index contributed by atoms with van der Waals surface area (Å²) in [7, 11) is 0. The molecule has 26 heavy (non-hydrogen) atoms. The standard InChI is InChI=1S/C19H22ClN5O/c20-17-6-4-12(23-19(26)25-13-2-1-3-14(25)9-13)8-16(17)15-5-7-18(15)24-10-21-22-11-24/h4,6,8,10-11,13-15,18H,1-3,5,7,9H2,(H,23,26). The topological polar surface area (TPSA) is 63.1 Å². The average Bonchev–Trinajstić information content (AvgIpc) is 3.11. The predicted molar refractivity (Wildman–Crippen MR) is 99.4 cm³/mol. The molecule has 2 saturated heterocycles. The van der Waals surface area contributed by atoms with Gasteiger partial charge in [0, 0.05) is 34.8 Å². The van der Waals surface area contributed by atoms with Crippen LogP contribution in [0.2, 0.25) is 5.02 Å². The van der Waals surface area contributed by atoms with E-state index in [0.29, 0.717) is 24.0 Å².